The van der Waals surface area contributed by atoms with Gasteiger partial charge in [0.2, 0.25) is 0 Å². The van der Waals surface area contributed by atoms with Crippen LogP contribution < -0.4 is 4.72 Å². The van der Waals surface area contributed by atoms with Gasteiger partial charge in [-0.15, -0.1) is 0 Å². The number of hydrogen-bond donors (Lipinski definition) is 1. The van der Waals surface area contributed by atoms with Crippen LogP contribution in [0, 0.1) is 0 Å². The monoisotopic (exact) mass is 660 g/mol. The molecule has 6 rings (SSSR count). The first-order valence-corrected chi connectivity index (χ1v) is 17.9. The average Bonchev–Trinajstić information content (AvgIpc) is 3.77. The molecule has 10 nitrogen and oxygen atoms in total. The van der Waals surface area contributed by atoms with Crippen molar-refractivity contribution in [1.82, 2.24) is 28.6 Å². The molecule has 1 N–H and O–H groups in total. The summed E-state index contributed by atoms with van der Waals surface area (Å²) in [5.74, 6) is 0.132. The number of imidazole rings is 1. The van der Waals surface area contributed by atoms with Gasteiger partial charge in [-0.3, -0.25) is 0 Å². The van der Waals surface area contributed by atoms with Crippen LogP contribution in [-0.2, 0) is 20.0 Å². The molecule has 2 saturated carbocycles. The van der Waals surface area contributed by atoms with E-state index in [4.69, 9.17) is 4.98 Å². The fraction of sp³-hybridized carbons (Fsp3) is 0.560. The molecule has 40 heavy (non-hydrogen) atoms. The van der Waals surface area contributed by atoms with Crippen molar-refractivity contribution in [1.29, 1.82) is 0 Å². The second-order valence-electron chi connectivity index (χ2n) is 11.2. The first-order valence-electron chi connectivity index (χ1n) is 13.2. The number of nitrogens with one attached hydrogen (secondary N) is 1. The molecule has 3 aromatic heterocycles. The van der Waals surface area contributed by atoms with Gasteiger partial charge < -0.3 is 0 Å². The van der Waals surface area contributed by atoms with E-state index in [-0.39, 0.29) is 28.5 Å². The third-order valence-electron chi connectivity index (χ3n) is 7.68. The first kappa shape index (κ1) is 28.1. The number of halogens is 2. The van der Waals surface area contributed by atoms with Gasteiger partial charge in [0.15, 0.2) is 0 Å². The van der Waals surface area contributed by atoms with Gasteiger partial charge in [-0.25, -0.2) is 0 Å². The molecule has 0 spiro atoms. The van der Waals surface area contributed by atoms with Gasteiger partial charge in [0.1, 0.15) is 0 Å². The Labute approximate surface area is 237 Å². The van der Waals surface area contributed by atoms with E-state index in [1.54, 1.807) is 24.3 Å². The van der Waals surface area contributed by atoms with Crippen LogP contribution in [0.25, 0.3) is 21.5 Å². The van der Waals surface area contributed by atoms with Gasteiger partial charge in [0.05, 0.1) is 0 Å². The molecule has 0 amide bonds. The van der Waals surface area contributed by atoms with Crippen molar-refractivity contribution in [2.75, 3.05) is 13.1 Å². The number of alkyl halides is 2. The van der Waals surface area contributed by atoms with Crippen LogP contribution in [0.15, 0.2) is 23.2 Å². The topological polar surface area (TPSA) is 127 Å². The van der Waals surface area contributed by atoms with Gasteiger partial charge >= 0.3 is 238 Å². The van der Waals surface area contributed by atoms with Gasteiger partial charge in [0.25, 0.3) is 0 Å². The Bertz CT molecular complexity index is 1740. The minimum absolute atomic E-state index is 0.0309. The van der Waals surface area contributed by atoms with Crippen molar-refractivity contribution in [3.63, 3.8) is 0 Å². The molecule has 0 radical (unpaired) electrons. The summed E-state index contributed by atoms with van der Waals surface area (Å²) in [6.45, 7) is 5.56. The molecule has 4 heterocycles. The molecule has 3 aliphatic rings. The summed E-state index contributed by atoms with van der Waals surface area (Å²) >= 11 is -0.821. The summed E-state index contributed by atoms with van der Waals surface area (Å²) in [5, 5.41) is 7.27. The molecule has 0 bridgehead atoms. The van der Waals surface area contributed by atoms with E-state index in [0.717, 1.165) is 31.3 Å². The van der Waals surface area contributed by atoms with E-state index >= 15 is 0 Å². The first-order chi connectivity index (χ1) is 18.8. The van der Waals surface area contributed by atoms with Gasteiger partial charge in [0, 0.05) is 0 Å². The summed E-state index contributed by atoms with van der Waals surface area (Å²) in [6.07, 6.45) is 4.24. The van der Waals surface area contributed by atoms with E-state index in [1.165, 1.54) is 10.5 Å². The van der Waals surface area contributed by atoms with Crippen molar-refractivity contribution >= 4 is 45.8 Å². The number of nitrogens with zero attached hydrogens (tertiary/aromatic N) is 5. The standard InChI is InChI=1S/C25H30F2N6O4S2Se/c1-14(2)39(36,37)32-10-6-15(7-11-32)18-12-17(38(34,35)31-25(3)8-9-25)13-33-20(19(16-4-5-16)28-22(18)33)23-29-30-24(40-23)21(26)27/h6,12-14,16,21,31H,4-5,7-11H2,1-3H3. The normalized spacial score (nSPS) is 20.0. The predicted octanol–water partition coefficient (Wildman–Crippen LogP) is 3.32. The zero-order valence-electron chi connectivity index (χ0n) is 22.3. The summed E-state index contributed by atoms with van der Waals surface area (Å²) in [5.41, 5.74) is 2.62. The van der Waals surface area contributed by atoms with Crippen LogP contribution in [0.4, 0.5) is 8.78 Å². The third kappa shape index (κ3) is 5.09. The molecule has 3 aromatic rings. The van der Waals surface area contributed by atoms with Crippen LogP contribution >= 0.6 is 0 Å². The molecule has 1 aliphatic heterocycles. The Morgan fingerprint density at radius 3 is 2.42 bits per heavy atom. The Kier molecular flexibility index (Phi) is 6.86. The number of aromatic nitrogens is 4. The molecule has 0 atom stereocenters. The molecular weight excluding hydrogens is 629 g/mol. The number of sulfonamides is 2. The quantitative estimate of drug-likeness (QED) is 0.350. The molecule has 2 fully saturated rings. The molecule has 15 heteroatoms. The van der Waals surface area contributed by atoms with Gasteiger partial charge in [-0.05, 0) is 0 Å². The predicted molar refractivity (Wildman–Crippen MR) is 146 cm³/mol. The number of hydrogen-bond acceptors (Lipinski definition) is 7. The maximum atomic E-state index is 13.6. The van der Waals surface area contributed by atoms with E-state index in [1.807, 2.05) is 13.0 Å². The van der Waals surface area contributed by atoms with E-state index < -0.39 is 51.8 Å². The molecular formula is C25H30F2N6O4S2Se. The van der Waals surface area contributed by atoms with Crippen molar-refractivity contribution < 1.29 is 25.6 Å². The van der Waals surface area contributed by atoms with Crippen LogP contribution in [0.2, 0.25) is 0 Å². The SMILES string of the molecule is CC(C)S(=O)(=O)N1CC=C(c2cc(S(=O)(=O)NC3(C)CC3)cn3c(-c4nnc(C(F)F)[se]4)c(C4CC4)nc23)CC1. The fourth-order valence-electron chi connectivity index (χ4n) is 4.89. The number of rotatable bonds is 9. The maximum absolute atomic E-state index is 13.6. The Morgan fingerprint density at radius 2 is 1.88 bits per heavy atom. The number of fused-ring (bicyclic) bond motifs is 1. The second-order valence-corrected chi connectivity index (χ2v) is 17.5. The van der Waals surface area contributed by atoms with Crippen molar-refractivity contribution in [3.8, 4) is 10.3 Å². The van der Waals surface area contributed by atoms with Gasteiger partial charge in [-0.1, -0.05) is 0 Å². The van der Waals surface area contributed by atoms with Gasteiger partial charge in [-0.2, -0.15) is 0 Å². The van der Waals surface area contributed by atoms with Crippen LogP contribution in [0.3, 0.4) is 0 Å². The molecule has 0 aromatic carbocycles. The van der Waals surface area contributed by atoms with Crippen molar-refractivity contribution in [3.05, 3.63) is 34.2 Å². The molecule has 0 unspecified atom stereocenters. The summed E-state index contributed by atoms with van der Waals surface area (Å²) in [4.78, 5) is 4.97. The molecule has 0 saturated heterocycles. The summed E-state index contributed by atoms with van der Waals surface area (Å²) in [6, 6.07) is 1.60. The van der Waals surface area contributed by atoms with E-state index in [2.05, 4.69) is 14.9 Å². The molecule has 2 aliphatic carbocycles. The van der Waals surface area contributed by atoms with Crippen LogP contribution in [-0.4, -0.2) is 79.1 Å². The zero-order chi connectivity index (χ0) is 28.6. The molecule has 216 valence electrons. The average molecular weight is 660 g/mol. The Morgan fingerprint density at radius 1 is 1.15 bits per heavy atom. The number of pyridine rings is 1. The third-order valence-corrected chi connectivity index (χ3v) is 13.5. The van der Waals surface area contributed by atoms with Crippen molar-refractivity contribution in [2.24, 2.45) is 0 Å². The minimum atomic E-state index is -3.93. The Hall–Kier alpha value is -2.03. The summed E-state index contributed by atoms with van der Waals surface area (Å²) in [7, 11) is -7.38. The van der Waals surface area contributed by atoms with E-state index in [9.17, 15) is 25.6 Å². The van der Waals surface area contributed by atoms with Crippen LogP contribution in [0.1, 0.15) is 81.0 Å². The van der Waals surface area contributed by atoms with Crippen LogP contribution in [0.5, 0.6) is 0 Å². The second kappa shape index (κ2) is 9.77. The Balaban J connectivity index is 1.53. The van der Waals surface area contributed by atoms with E-state index in [0.29, 0.717) is 33.6 Å². The van der Waals surface area contributed by atoms with Crippen molar-refractivity contribution in [2.45, 2.75) is 80.9 Å². The fourth-order valence-corrected chi connectivity index (χ4v) is 9.18. The summed E-state index contributed by atoms with van der Waals surface area (Å²) < 4.78 is 85.5. The zero-order valence-corrected chi connectivity index (χ0v) is 25.6.